The van der Waals surface area contributed by atoms with Crippen LogP contribution in [0.1, 0.15) is 12.0 Å². The molecule has 0 atom stereocenters. The van der Waals surface area contributed by atoms with Crippen LogP contribution in [0.15, 0.2) is 73.1 Å². The second-order valence-corrected chi connectivity index (χ2v) is 7.46. The zero-order valence-electron chi connectivity index (χ0n) is 15.2. The second-order valence-electron chi connectivity index (χ2n) is 6.47. The van der Waals surface area contributed by atoms with Gasteiger partial charge in [-0.25, -0.2) is 4.98 Å². The first-order chi connectivity index (χ1) is 13.4. The minimum atomic E-state index is 0.688. The van der Waals surface area contributed by atoms with Gasteiger partial charge < -0.3 is 14.6 Å². The molecular weight excluding hydrogens is 354 g/mol. The Labute approximate surface area is 163 Å². The van der Waals surface area contributed by atoms with Crippen molar-refractivity contribution in [3.8, 4) is 10.9 Å². The van der Waals surface area contributed by atoms with Crippen molar-refractivity contribution in [2.24, 2.45) is 0 Å². The van der Waals surface area contributed by atoms with Gasteiger partial charge in [-0.15, -0.1) is 0 Å². The molecule has 2 aromatic carbocycles. The number of para-hydroxylation sites is 1. The number of hydrogen-bond donors (Lipinski definition) is 1. The minimum absolute atomic E-state index is 0.688. The monoisotopic (exact) mass is 377 g/mol. The summed E-state index contributed by atoms with van der Waals surface area (Å²) in [5.74, 6) is 0.831. The number of nitrogens with one attached hydrogen (secondary N) is 1. The summed E-state index contributed by atoms with van der Waals surface area (Å²) in [6.07, 6.45) is 6.38. The van der Waals surface area contributed by atoms with E-state index in [4.69, 9.17) is 4.74 Å². The molecule has 0 saturated heterocycles. The summed E-state index contributed by atoms with van der Waals surface area (Å²) < 4.78 is 9.26. The lowest BCUT2D eigenvalue weighted by Gasteiger charge is -2.07. The standard InChI is InChI=1S/C22H23N3OS/c1-2-7-21-20(6-1)24-22(27-21)26-19-10-8-18(9-11-19)12-14-23-13-5-17-25-15-3-4-16-25/h1-4,6-11,15-16,23H,5,12-14,17H2. The molecule has 138 valence electrons. The van der Waals surface area contributed by atoms with Crippen molar-refractivity contribution in [2.75, 3.05) is 13.1 Å². The van der Waals surface area contributed by atoms with Crippen molar-refractivity contribution in [2.45, 2.75) is 19.4 Å². The fraction of sp³-hybridized carbons (Fsp3) is 0.227. The number of nitrogens with zero attached hydrogens (tertiary/aromatic N) is 2. The van der Waals surface area contributed by atoms with Crippen LogP contribution in [0.5, 0.6) is 10.9 Å². The SMILES string of the molecule is c1ccc2sc(Oc3ccc(CCNCCCn4cccc4)cc3)nc2c1. The average Bonchev–Trinajstić information content (AvgIpc) is 3.35. The molecule has 0 unspecified atom stereocenters. The quantitative estimate of drug-likeness (QED) is 0.412. The molecule has 1 N–H and O–H groups in total. The van der Waals surface area contributed by atoms with E-state index in [0.29, 0.717) is 5.19 Å². The van der Waals surface area contributed by atoms with Gasteiger partial charge in [0.25, 0.3) is 5.19 Å². The molecule has 0 aliphatic carbocycles. The van der Waals surface area contributed by atoms with Crippen LogP contribution < -0.4 is 10.1 Å². The highest BCUT2D eigenvalue weighted by molar-refractivity contribution is 7.20. The first-order valence-electron chi connectivity index (χ1n) is 9.31. The van der Waals surface area contributed by atoms with Crippen LogP contribution in [-0.4, -0.2) is 22.6 Å². The summed E-state index contributed by atoms with van der Waals surface area (Å²) in [7, 11) is 0. The fourth-order valence-electron chi connectivity index (χ4n) is 2.98. The molecule has 0 aliphatic rings. The van der Waals surface area contributed by atoms with E-state index >= 15 is 0 Å². The summed E-state index contributed by atoms with van der Waals surface area (Å²) >= 11 is 1.57. The van der Waals surface area contributed by atoms with Crippen LogP contribution in [0.4, 0.5) is 0 Å². The van der Waals surface area contributed by atoms with Crippen LogP contribution in [0.3, 0.4) is 0 Å². The lowest BCUT2D eigenvalue weighted by Crippen LogP contribution is -2.19. The van der Waals surface area contributed by atoms with Gasteiger partial charge >= 0.3 is 0 Å². The Bertz CT molecular complexity index is 928. The van der Waals surface area contributed by atoms with E-state index in [2.05, 4.69) is 57.6 Å². The van der Waals surface area contributed by atoms with E-state index < -0.39 is 0 Å². The summed E-state index contributed by atoms with van der Waals surface area (Å²) in [5.41, 5.74) is 2.29. The van der Waals surface area contributed by atoms with Crippen molar-refractivity contribution in [3.05, 3.63) is 78.6 Å². The van der Waals surface area contributed by atoms with Crippen LogP contribution in [0.25, 0.3) is 10.2 Å². The van der Waals surface area contributed by atoms with E-state index in [-0.39, 0.29) is 0 Å². The molecule has 0 saturated carbocycles. The highest BCUT2D eigenvalue weighted by Gasteiger charge is 2.05. The maximum absolute atomic E-state index is 5.90. The fourth-order valence-corrected chi connectivity index (χ4v) is 3.82. The van der Waals surface area contributed by atoms with E-state index in [1.807, 2.05) is 30.3 Å². The van der Waals surface area contributed by atoms with Crippen LogP contribution >= 0.6 is 11.3 Å². The summed E-state index contributed by atoms with van der Waals surface area (Å²) in [4.78, 5) is 4.51. The molecule has 2 heterocycles. The number of hydrogen-bond acceptors (Lipinski definition) is 4. The normalized spacial score (nSPS) is 11.1. The van der Waals surface area contributed by atoms with Gasteiger partial charge in [0.2, 0.25) is 0 Å². The largest absolute Gasteiger partial charge is 0.431 e. The Morgan fingerprint density at radius 3 is 2.56 bits per heavy atom. The van der Waals surface area contributed by atoms with E-state index in [1.165, 1.54) is 5.56 Å². The molecule has 0 fully saturated rings. The van der Waals surface area contributed by atoms with Crippen molar-refractivity contribution < 1.29 is 4.74 Å². The number of fused-ring (bicyclic) bond motifs is 1. The van der Waals surface area contributed by atoms with E-state index in [1.54, 1.807) is 11.3 Å². The molecule has 27 heavy (non-hydrogen) atoms. The van der Waals surface area contributed by atoms with Crippen LogP contribution in [0.2, 0.25) is 0 Å². The van der Waals surface area contributed by atoms with Gasteiger partial charge in [0, 0.05) is 18.9 Å². The number of benzene rings is 2. The molecule has 0 amide bonds. The average molecular weight is 378 g/mol. The number of aryl methyl sites for hydroxylation is 1. The molecule has 0 aliphatic heterocycles. The molecule has 4 nitrogen and oxygen atoms in total. The summed E-state index contributed by atoms with van der Waals surface area (Å²) in [5, 5.41) is 4.20. The Hall–Kier alpha value is -2.63. The van der Waals surface area contributed by atoms with Crippen molar-refractivity contribution in [1.82, 2.24) is 14.9 Å². The third kappa shape index (κ3) is 4.96. The zero-order valence-corrected chi connectivity index (χ0v) is 16.0. The highest BCUT2D eigenvalue weighted by atomic mass is 32.1. The first-order valence-corrected chi connectivity index (χ1v) is 10.1. The molecule has 4 rings (SSSR count). The van der Waals surface area contributed by atoms with Gasteiger partial charge in [-0.2, -0.15) is 0 Å². The molecule has 0 radical (unpaired) electrons. The van der Waals surface area contributed by atoms with E-state index in [0.717, 1.165) is 48.4 Å². The van der Waals surface area contributed by atoms with Gasteiger partial charge in [-0.05, 0) is 67.9 Å². The summed E-state index contributed by atoms with van der Waals surface area (Å²) in [6, 6.07) is 20.5. The second kappa shape index (κ2) is 8.84. The number of ether oxygens (including phenoxy) is 1. The van der Waals surface area contributed by atoms with Gasteiger partial charge in [0.05, 0.1) is 10.2 Å². The van der Waals surface area contributed by atoms with Gasteiger partial charge in [-0.3, -0.25) is 0 Å². The molecule has 4 aromatic rings. The Morgan fingerprint density at radius 1 is 0.926 bits per heavy atom. The first kappa shape index (κ1) is 17.8. The van der Waals surface area contributed by atoms with Crippen molar-refractivity contribution in [3.63, 3.8) is 0 Å². The Morgan fingerprint density at radius 2 is 1.74 bits per heavy atom. The predicted molar refractivity (Wildman–Crippen MR) is 112 cm³/mol. The Balaban J connectivity index is 1.20. The third-order valence-electron chi connectivity index (χ3n) is 4.43. The number of thiazole rings is 1. The van der Waals surface area contributed by atoms with Crippen molar-refractivity contribution in [1.29, 1.82) is 0 Å². The summed E-state index contributed by atoms with van der Waals surface area (Å²) in [6.45, 7) is 3.10. The van der Waals surface area contributed by atoms with Gasteiger partial charge in [-0.1, -0.05) is 35.6 Å². The Kier molecular flexibility index (Phi) is 5.82. The molecule has 0 spiro atoms. The zero-order chi connectivity index (χ0) is 18.3. The lowest BCUT2D eigenvalue weighted by atomic mass is 10.1. The van der Waals surface area contributed by atoms with E-state index in [9.17, 15) is 0 Å². The molecule has 5 heteroatoms. The third-order valence-corrected chi connectivity index (χ3v) is 5.34. The maximum Gasteiger partial charge on any atom is 0.279 e. The van der Waals surface area contributed by atoms with Crippen molar-refractivity contribution >= 4 is 21.6 Å². The smallest absolute Gasteiger partial charge is 0.279 e. The van der Waals surface area contributed by atoms with Crippen LogP contribution in [-0.2, 0) is 13.0 Å². The predicted octanol–water partition coefficient (Wildman–Crippen LogP) is 5.11. The van der Waals surface area contributed by atoms with Gasteiger partial charge in [0.15, 0.2) is 0 Å². The number of rotatable bonds is 9. The van der Waals surface area contributed by atoms with Gasteiger partial charge in [0.1, 0.15) is 5.75 Å². The highest BCUT2D eigenvalue weighted by Crippen LogP contribution is 2.31. The maximum atomic E-state index is 5.90. The van der Waals surface area contributed by atoms with Crippen LogP contribution in [0, 0.1) is 0 Å². The molecular formula is C22H23N3OS. The number of aromatic nitrogens is 2. The molecule has 2 aromatic heterocycles. The topological polar surface area (TPSA) is 39.1 Å². The lowest BCUT2D eigenvalue weighted by molar-refractivity contribution is 0.480. The molecule has 0 bridgehead atoms. The minimum Gasteiger partial charge on any atom is -0.431 e.